The fourth-order valence-corrected chi connectivity index (χ4v) is 2.66. The van der Waals surface area contributed by atoms with E-state index in [0.29, 0.717) is 12.6 Å². The van der Waals surface area contributed by atoms with Crippen LogP contribution in [0, 0.1) is 0 Å². The average molecular weight is 293 g/mol. The van der Waals surface area contributed by atoms with E-state index in [1.807, 2.05) is 13.8 Å². The monoisotopic (exact) mass is 293 g/mol. The smallest absolute Gasteiger partial charge is 0.254 e. The van der Waals surface area contributed by atoms with Crippen LogP contribution in [0.1, 0.15) is 43.5 Å². The van der Waals surface area contributed by atoms with Crippen LogP contribution in [0.2, 0.25) is 0 Å². The fraction of sp³-hybridized carbons (Fsp3) is 0.600. The highest BCUT2D eigenvalue weighted by molar-refractivity contribution is 5.94. The van der Waals surface area contributed by atoms with Gasteiger partial charge in [-0.3, -0.25) is 14.6 Å². The van der Waals surface area contributed by atoms with Crippen LogP contribution in [0.4, 0.5) is 0 Å². The van der Waals surface area contributed by atoms with E-state index >= 15 is 0 Å². The van der Waals surface area contributed by atoms with E-state index in [9.17, 15) is 14.7 Å². The Kier molecular flexibility index (Phi) is 5.01. The van der Waals surface area contributed by atoms with Crippen molar-refractivity contribution >= 4 is 5.91 Å². The first-order valence-corrected chi connectivity index (χ1v) is 7.45. The standard InChI is InChI=1S/C15H23N3O3/c1-10(2)18(9-12-5-3-4-6-16-12)15(21)11-7-13(19)17-14(20)8-11/h7-8,10,12,16H,3-6,9H2,1-2H3,(H2,17,19,20). The highest BCUT2D eigenvalue weighted by atomic mass is 16.3. The van der Waals surface area contributed by atoms with Crippen molar-refractivity contribution in [3.05, 3.63) is 28.0 Å². The van der Waals surface area contributed by atoms with Crippen molar-refractivity contribution in [2.24, 2.45) is 0 Å². The summed E-state index contributed by atoms with van der Waals surface area (Å²) in [5.74, 6) is -0.510. The first-order chi connectivity index (χ1) is 9.97. The van der Waals surface area contributed by atoms with Crippen LogP contribution in [-0.2, 0) is 0 Å². The molecule has 0 radical (unpaired) electrons. The SMILES string of the molecule is CC(C)N(CC1CCCCN1)C(=O)c1cc(O)[nH]c(=O)c1. The molecule has 21 heavy (non-hydrogen) atoms. The number of carbonyl (C=O) groups excluding carboxylic acids is 1. The molecule has 1 aliphatic rings. The second kappa shape index (κ2) is 6.76. The number of hydrogen-bond acceptors (Lipinski definition) is 4. The zero-order valence-electron chi connectivity index (χ0n) is 12.6. The van der Waals surface area contributed by atoms with Gasteiger partial charge in [0.15, 0.2) is 5.88 Å². The lowest BCUT2D eigenvalue weighted by Gasteiger charge is -2.33. The molecule has 1 fully saturated rings. The number of nitrogens with zero attached hydrogens (tertiary/aromatic N) is 1. The molecule has 6 nitrogen and oxygen atoms in total. The van der Waals surface area contributed by atoms with Crippen molar-refractivity contribution in [2.45, 2.75) is 45.2 Å². The number of pyridine rings is 1. The first kappa shape index (κ1) is 15.6. The lowest BCUT2D eigenvalue weighted by molar-refractivity contribution is 0.0676. The minimum atomic E-state index is -0.474. The van der Waals surface area contributed by atoms with Gasteiger partial charge in [0.05, 0.1) is 5.56 Å². The summed E-state index contributed by atoms with van der Waals surface area (Å²) in [6.45, 7) is 5.50. The number of amides is 1. The van der Waals surface area contributed by atoms with Crippen molar-refractivity contribution < 1.29 is 9.90 Å². The number of aromatic nitrogens is 1. The van der Waals surface area contributed by atoms with Gasteiger partial charge in [0, 0.05) is 30.8 Å². The molecule has 1 aromatic rings. The van der Waals surface area contributed by atoms with E-state index < -0.39 is 5.56 Å². The maximum absolute atomic E-state index is 12.6. The maximum atomic E-state index is 12.6. The molecular formula is C15H23N3O3. The molecule has 1 amide bonds. The third-order valence-corrected chi connectivity index (χ3v) is 3.79. The molecule has 3 N–H and O–H groups in total. The third-order valence-electron chi connectivity index (χ3n) is 3.79. The maximum Gasteiger partial charge on any atom is 0.254 e. The number of hydrogen-bond donors (Lipinski definition) is 3. The predicted molar refractivity (Wildman–Crippen MR) is 80.5 cm³/mol. The van der Waals surface area contributed by atoms with Gasteiger partial charge < -0.3 is 15.3 Å². The van der Waals surface area contributed by atoms with Crippen molar-refractivity contribution in [1.82, 2.24) is 15.2 Å². The van der Waals surface area contributed by atoms with Crippen molar-refractivity contribution in [3.63, 3.8) is 0 Å². The van der Waals surface area contributed by atoms with E-state index in [2.05, 4.69) is 10.3 Å². The summed E-state index contributed by atoms with van der Waals surface area (Å²) in [6, 6.07) is 2.85. The second-order valence-electron chi connectivity index (χ2n) is 5.82. The molecule has 0 bridgehead atoms. The summed E-state index contributed by atoms with van der Waals surface area (Å²) >= 11 is 0. The molecule has 2 rings (SSSR count). The van der Waals surface area contributed by atoms with Crippen LogP contribution in [0.15, 0.2) is 16.9 Å². The van der Waals surface area contributed by atoms with Gasteiger partial charge in [-0.2, -0.15) is 0 Å². The summed E-state index contributed by atoms with van der Waals surface area (Å²) < 4.78 is 0. The Morgan fingerprint density at radius 2 is 2.19 bits per heavy atom. The van der Waals surface area contributed by atoms with Gasteiger partial charge in [-0.1, -0.05) is 6.42 Å². The van der Waals surface area contributed by atoms with E-state index in [0.717, 1.165) is 13.0 Å². The molecule has 116 valence electrons. The summed E-state index contributed by atoms with van der Waals surface area (Å²) in [5, 5.41) is 12.9. The number of aromatic hydroxyl groups is 1. The van der Waals surface area contributed by atoms with Crippen LogP contribution in [0.25, 0.3) is 0 Å². The molecule has 0 aromatic carbocycles. The Labute approximate surface area is 124 Å². The minimum absolute atomic E-state index is 0.0302. The lowest BCUT2D eigenvalue weighted by atomic mass is 10.0. The lowest BCUT2D eigenvalue weighted by Crippen LogP contribution is -2.48. The van der Waals surface area contributed by atoms with Crippen LogP contribution in [-0.4, -0.2) is 46.1 Å². The summed E-state index contributed by atoms with van der Waals surface area (Å²) in [4.78, 5) is 28.0. The van der Waals surface area contributed by atoms with Gasteiger partial charge in [-0.15, -0.1) is 0 Å². The topological polar surface area (TPSA) is 85.4 Å². The number of nitrogens with one attached hydrogen (secondary N) is 2. The van der Waals surface area contributed by atoms with E-state index in [-0.39, 0.29) is 23.4 Å². The van der Waals surface area contributed by atoms with E-state index in [4.69, 9.17) is 0 Å². The van der Waals surface area contributed by atoms with Crippen LogP contribution in [0.5, 0.6) is 5.88 Å². The summed E-state index contributed by atoms with van der Waals surface area (Å²) in [5.41, 5.74) is -0.251. The van der Waals surface area contributed by atoms with Crippen molar-refractivity contribution in [2.75, 3.05) is 13.1 Å². The van der Waals surface area contributed by atoms with E-state index in [1.165, 1.54) is 25.0 Å². The van der Waals surface area contributed by atoms with Gasteiger partial charge in [-0.25, -0.2) is 0 Å². The molecule has 2 heterocycles. The Morgan fingerprint density at radius 3 is 2.76 bits per heavy atom. The Balaban J connectivity index is 2.16. The Morgan fingerprint density at radius 1 is 1.43 bits per heavy atom. The normalized spacial score (nSPS) is 18.7. The Hall–Kier alpha value is -1.82. The molecule has 1 unspecified atom stereocenters. The number of aromatic amines is 1. The highest BCUT2D eigenvalue weighted by Crippen LogP contribution is 2.14. The highest BCUT2D eigenvalue weighted by Gasteiger charge is 2.24. The number of piperidine rings is 1. The summed E-state index contributed by atoms with van der Waals surface area (Å²) in [7, 11) is 0. The van der Waals surface area contributed by atoms with Crippen LogP contribution >= 0.6 is 0 Å². The largest absolute Gasteiger partial charge is 0.494 e. The van der Waals surface area contributed by atoms with Crippen LogP contribution < -0.4 is 10.9 Å². The minimum Gasteiger partial charge on any atom is -0.494 e. The zero-order chi connectivity index (χ0) is 15.4. The van der Waals surface area contributed by atoms with Gasteiger partial charge in [-0.05, 0) is 33.2 Å². The summed E-state index contributed by atoms with van der Waals surface area (Å²) in [6.07, 6.45) is 3.40. The van der Waals surface area contributed by atoms with Crippen molar-refractivity contribution in [1.29, 1.82) is 0 Å². The number of rotatable bonds is 4. The van der Waals surface area contributed by atoms with Gasteiger partial charge in [0.2, 0.25) is 0 Å². The molecule has 6 heteroatoms. The molecule has 1 aliphatic heterocycles. The predicted octanol–water partition coefficient (Wildman–Crippen LogP) is 1.07. The number of H-pyrrole nitrogens is 1. The number of carbonyl (C=O) groups is 1. The molecule has 1 atom stereocenters. The van der Waals surface area contributed by atoms with Crippen molar-refractivity contribution in [3.8, 4) is 5.88 Å². The molecule has 1 saturated heterocycles. The van der Waals surface area contributed by atoms with Gasteiger partial charge in [0.25, 0.3) is 11.5 Å². The second-order valence-corrected chi connectivity index (χ2v) is 5.82. The zero-order valence-corrected chi connectivity index (χ0v) is 12.6. The quantitative estimate of drug-likeness (QED) is 0.775. The molecule has 1 aromatic heterocycles. The third kappa shape index (κ3) is 4.07. The first-order valence-electron chi connectivity index (χ1n) is 7.45. The molecule has 0 saturated carbocycles. The van der Waals surface area contributed by atoms with Crippen LogP contribution in [0.3, 0.4) is 0 Å². The fourth-order valence-electron chi connectivity index (χ4n) is 2.66. The van der Waals surface area contributed by atoms with Gasteiger partial charge >= 0.3 is 0 Å². The molecular weight excluding hydrogens is 270 g/mol. The van der Waals surface area contributed by atoms with E-state index in [1.54, 1.807) is 4.90 Å². The Bertz CT molecular complexity index is 547. The van der Waals surface area contributed by atoms with Gasteiger partial charge in [0.1, 0.15) is 0 Å². The molecule has 0 spiro atoms. The average Bonchev–Trinajstić information content (AvgIpc) is 2.44. The molecule has 0 aliphatic carbocycles.